The summed E-state index contributed by atoms with van der Waals surface area (Å²) in [5.74, 6) is 1.82. The molecule has 0 unspecified atom stereocenters. The summed E-state index contributed by atoms with van der Waals surface area (Å²) in [6, 6.07) is 8.40. The van der Waals surface area contributed by atoms with Crippen molar-refractivity contribution in [3.8, 4) is 34.5 Å². The summed E-state index contributed by atoms with van der Waals surface area (Å²) in [7, 11) is 1.53. The molecule has 12 heteroatoms. The molecule has 0 radical (unpaired) electrons. The first-order chi connectivity index (χ1) is 15.3. The number of halogens is 6. The van der Waals surface area contributed by atoms with Crippen LogP contribution in [0.5, 0.6) is 11.5 Å². The van der Waals surface area contributed by atoms with E-state index in [1.807, 2.05) is 0 Å². The molecule has 0 bridgehead atoms. The van der Waals surface area contributed by atoms with Crippen molar-refractivity contribution < 1.29 is 18.4 Å². The number of nitrogens with zero attached hydrogens (tertiary/aromatic N) is 2. The molecule has 0 fully saturated rings. The Balaban J connectivity index is 1.55. The minimum Gasteiger partial charge on any atom is -0.496 e. The maximum Gasteiger partial charge on any atom is 0.293 e. The van der Waals surface area contributed by atoms with Crippen LogP contribution in [0.2, 0.25) is 30.1 Å². The van der Waals surface area contributed by atoms with Crippen molar-refractivity contribution in [3.05, 3.63) is 66.2 Å². The number of aromatic nitrogens is 2. The first kappa shape index (κ1) is 23.4. The van der Waals surface area contributed by atoms with Gasteiger partial charge in [-0.3, -0.25) is 0 Å². The Labute approximate surface area is 211 Å². The number of hydrogen-bond donors (Lipinski definition) is 0. The van der Waals surface area contributed by atoms with Crippen LogP contribution in [-0.2, 0) is 6.61 Å². The van der Waals surface area contributed by atoms with E-state index in [1.165, 1.54) is 7.11 Å². The van der Waals surface area contributed by atoms with Crippen molar-refractivity contribution in [2.75, 3.05) is 7.11 Å². The lowest BCUT2D eigenvalue weighted by atomic mass is 10.2. The van der Waals surface area contributed by atoms with Gasteiger partial charge in [0.05, 0.1) is 27.7 Å². The Bertz CT molecular complexity index is 1270. The van der Waals surface area contributed by atoms with E-state index >= 15 is 0 Å². The number of rotatable bonds is 6. The van der Waals surface area contributed by atoms with Gasteiger partial charge in [0.25, 0.3) is 5.89 Å². The molecule has 0 atom stereocenters. The van der Waals surface area contributed by atoms with Crippen LogP contribution < -0.4 is 9.47 Å². The molecule has 0 aliphatic heterocycles. The number of methoxy groups -OCH3 is 1. The SMILES string of the molecule is COc1ccc(Cl)cc1-c1noc(-c2ccc(COc3c(Cl)c(Cl)c(Cl)c(Cl)c3Cl)o2)n1. The highest BCUT2D eigenvalue weighted by atomic mass is 35.5. The van der Waals surface area contributed by atoms with Gasteiger partial charge in [0.1, 0.15) is 28.2 Å². The van der Waals surface area contributed by atoms with Gasteiger partial charge in [0.2, 0.25) is 5.82 Å². The minimum atomic E-state index is -0.0309. The Morgan fingerprint density at radius 3 is 2.25 bits per heavy atom. The van der Waals surface area contributed by atoms with E-state index in [0.717, 1.165) is 0 Å². The molecule has 4 aromatic rings. The van der Waals surface area contributed by atoms with E-state index in [0.29, 0.717) is 27.9 Å². The highest BCUT2D eigenvalue weighted by molar-refractivity contribution is 6.55. The number of ether oxygens (including phenoxy) is 2. The monoisotopic (exact) mass is 552 g/mol. The first-order valence-corrected chi connectivity index (χ1v) is 11.0. The molecule has 0 amide bonds. The van der Waals surface area contributed by atoms with Crippen LogP contribution in [0.4, 0.5) is 0 Å². The van der Waals surface area contributed by atoms with Gasteiger partial charge in [-0.1, -0.05) is 74.8 Å². The van der Waals surface area contributed by atoms with Gasteiger partial charge in [-0.05, 0) is 30.3 Å². The molecule has 0 aliphatic rings. The van der Waals surface area contributed by atoms with Crippen LogP contribution in [0.25, 0.3) is 23.0 Å². The normalized spacial score (nSPS) is 11.1. The van der Waals surface area contributed by atoms with Crippen molar-refractivity contribution in [1.29, 1.82) is 0 Å². The second kappa shape index (κ2) is 9.59. The van der Waals surface area contributed by atoms with Crippen LogP contribution in [0.15, 0.2) is 39.3 Å². The fourth-order valence-electron chi connectivity index (χ4n) is 2.71. The molecule has 0 aliphatic carbocycles. The second-order valence-corrected chi connectivity index (χ2v) is 8.55. The number of hydrogen-bond acceptors (Lipinski definition) is 6. The van der Waals surface area contributed by atoms with Gasteiger partial charge in [-0.25, -0.2) is 0 Å². The maximum absolute atomic E-state index is 6.17. The lowest BCUT2D eigenvalue weighted by Crippen LogP contribution is -1.96. The standard InChI is InChI=1S/C20H10Cl6N2O4/c1-29-11-4-2-8(21)6-10(11)19-27-20(32-28-19)12-5-3-9(31-12)7-30-18-16(25)14(23)13(22)15(24)17(18)26/h2-6H,7H2,1H3. The summed E-state index contributed by atoms with van der Waals surface area (Å²) in [5.41, 5.74) is 0.575. The molecular formula is C20H10Cl6N2O4. The van der Waals surface area contributed by atoms with Crippen molar-refractivity contribution in [3.63, 3.8) is 0 Å². The highest BCUT2D eigenvalue weighted by Gasteiger charge is 2.22. The third-order valence-electron chi connectivity index (χ3n) is 4.23. The fourth-order valence-corrected chi connectivity index (χ4v) is 4.12. The summed E-state index contributed by atoms with van der Waals surface area (Å²) in [6.07, 6.45) is 0. The summed E-state index contributed by atoms with van der Waals surface area (Å²) in [6.45, 7) is -0.0309. The van der Waals surface area contributed by atoms with Crippen LogP contribution in [-0.4, -0.2) is 17.3 Å². The van der Waals surface area contributed by atoms with Gasteiger partial charge >= 0.3 is 0 Å². The molecule has 6 nitrogen and oxygen atoms in total. The van der Waals surface area contributed by atoms with E-state index in [-0.39, 0.29) is 49.2 Å². The largest absolute Gasteiger partial charge is 0.496 e. The van der Waals surface area contributed by atoms with Gasteiger partial charge in [0, 0.05) is 5.02 Å². The van der Waals surface area contributed by atoms with E-state index in [2.05, 4.69) is 10.1 Å². The molecule has 2 aromatic carbocycles. The molecule has 2 aromatic heterocycles. The van der Waals surface area contributed by atoms with Gasteiger partial charge in [-0.2, -0.15) is 4.98 Å². The van der Waals surface area contributed by atoms with E-state index < -0.39 is 0 Å². The van der Waals surface area contributed by atoms with Crippen molar-refractivity contribution in [1.82, 2.24) is 10.1 Å². The lowest BCUT2D eigenvalue weighted by molar-refractivity contribution is 0.271. The summed E-state index contributed by atoms with van der Waals surface area (Å²) >= 11 is 36.5. The van der Waals surface area contributed by atoms with Crippen LogP contribution >= 0.6 is 69.6 Å². The van der Waals surface area contributed by atoms with E-state index in [9.17, 15) is 0 Å². The average molecular weight is 555 g/mol. The van der Waals surface area contributed by atoms with E-state index in [4.69, 9.17) is 88.0 Å². The Morgan fingerprint density at radius 2 is 1.56 bits per heavy atom. The Kier molecular flexibility index (Phi) is 7.00. The van der Waals surface area contributed by atoms with Crippen LogP contribution in [0.1, 0.15) is 5.76 Å². The molecular weight excluding hydrogens is 545 g/mol. The number of furan rings is 1. The van der Waals surface area contributed by atoms with Crippen molar-refractivity contribution in [2.24, 2.45) is 0 Å². The van der Waals surface area contributed by atoms with Crippen LogP contribution in [0, 0.1) is 0 Å². The zero-order valence-electron chi connectivity index (χ0n) is 15.9. The maximum atomic E-state index is 6.17. The smallest absolute Gasteiger partial charge is 0.293 e. The molecule has 0 N–H and O–H groups in total. The molecule has 4 rings (SSSR count). The summed E-state index contributed by atoms with van der Waals surface area (Å²) < 4.78 is 22.0. The lowest BCUT2D eigenvalue weighted by Gasteiger charge is -2.12. The predicted octanol–water partition coefficient (Wildman–Crippen LogP) is 8.50. The Hall–Kier alpha value is -1.80. The second-order valence-electron chi connectivity index (χ2n) is 6.22. The van der Waals surface area contributed by atoms with Gasteiger partial charge in [-0.15, -0.1) is 0 Å². The number of benzene rings is 2. The van der Waals surface area contributed by atoms with E-state index in [1.54, 1.807) is 30.3 Å². The summed E-state index contributed by atoms with van der Waals surface area (Å²) in [4.78, 5) is 4.35. The van der Waals surface area contributed by atoms with Crippen molar-refractivity contribution in [2.45, 2.75) is 6.61 Å². The topological polar surface area (TPSA) is 70.5 Å². The Morgan fingerprint density at radius 1 is 0.875 bits per heavy atom. The molecule has 0 spiro atoms. The third-order valence-corrected chi connectivity index (χ3v) is 6.71. The summed E-state index contributed by atoms with van der Waals surface area (Å²) in [5, 5.41) is 4.66. The average Bonchev–Trinajstić information content (AvgIpc) is 3.46. The first-order valence-electron chi connectivity index (χ1n) is 8.71. The van der Waals surface area contributed by atoms with Crippen LogP contribution in [0.3, 0.4) is 0 Å². The van der Waals surface area contributed by atoms with Crippen molar-refractivity contribution >= 4 is 69.6 Å². The third kappa shape index (κ3) is 4.49. The fraction of sp³-hybridized carbons (Fsp3) is 0.100. The zero-order valence-corrected chi connectivity index (χ0v) is 20.4. The highest BCUT2D eigenvalue weighted by Crippen LogP contribution is 2.48. The quantitative estimate of drug-likeness (QED) is 0.176. The molecule has 166 valence electrons. The molecule has 0 saturated heterocycles. The van der Waals surface area contributed by atoms with Gasteiger partial charge < -0.3 is 18.4 Å². The molecule has 0 saturated carbocycles. The zero-order chi connectivity index (χ0) is 23.0. The van der Waals surface area contributed by atoms with Gasteiger partial charge in [0.15, 0.2) is 11.5 Å². The molecule has 32 heavy (non-hydrogen) atoms. The predicted molar refractivity (Wildman–Crippen MR) is 125 cm³/mol. The molecule has 2 heterocycles. The minimum absolute atomic E-state index is 0.0309.